The average molecular weight is 156 g/mol. The first-order valence-electron chi connectivity index (χ1n) is 4.08. The Balaban J connectivity index is 2.19. The van der Waals surface area contributed by atoms with Gasteiger partial charge in [0.25, 0.3) is 0 Å². The van der Waals surface area contributed by atoms with Crippen LogP contribution in [0.2, 0.25) is 0 Å². The molecule has 0 amide bonds. The van der Waals surface area contributed by atoms with Crippen LogP contribution in [-0.2, 0) is 9.53 Å². The third kappa shape index (κ3) is 0.948. The first-order chi connectivity index (χ1) is 5.23. The fourth-order valence-corrected chi connectivity index (χ4v) is 2.11. The molecular formula is C8H12O3. The predicted molar refractivity (Wildman–Crippen MR) is 38.3 cm³/mol. The molecule has 0 spiro atoms. The van der Waals surface area contributed by atoms with Crippen LogP contribution >= 0.6 is 0 Å². The average Bonchev–Trinajstić information content (AvgIpc) is 2.29. The summed E-state index contributed by atoms with van der Waals surface area (Å²) >= 11 is 0. The van der Waals surface area contributed by atoms with Crippen molar-refractivity contribution in [1.29, 1.82) is 0 Å². The summed E-state index contributed by atoms with van der Waals surface area (Å²) in [5.74, 6) is -0.667. The molecule has 62 valence electrons. The maximum atomic E-state index is 10.9. The lowest BCUT2D eigenvalue weighted by atomic mass is 9.76. The van der Waals surface area contributed by atoms with Crippen molar-refractivity contribution in [3.05, 3.63) is 0 Å². The van der Waals surface area contributed by atoms with Crippen LogP contribution in [0.25, 0.3) is 0 Å². The summed E-state index contributed by atoms with van der Waals surface area (Å²) in [4.78, 5) is 10.9. The molecule has 1 saturated heterocycles. The van der Waals surface area contributed by atoms with Gasteiger partial charge in [-0.3, -0.25) is 4.79 Å². The number of ether oxygens (including phenoxy) is 1. The lowest BCUT2D eigenvalue weighted by Crippen LogP contribution is -2.33. The van der Waals surface area contributed by atoms with E-state index >= 15 is 0 Å². The molecule has 1 heterocycles. The number of rotatable bonds is 1. The van der Waals surface area contributed by atoms with Crippen molar-refractivity contribution in [2.75, 3.05) is 6.61 Å². The van der Waals surface area contributed by atoms with Gasteiger partial charge in [0.2, 0.25) is 0 Å². The fourth-order valence-electron chi connectivity index (χ4n) is 2.11. The lowest BCUT2D eigenvalue weighted by Gasteiger charge is -2.25. The maximum absolute atomic E-state index is 10.9. The number of hydrogen-bond acceptors (Lipinski definition) is 2. The van der Waals surface area contributed by atoms with Crippen molar-refractivity contribution in [3.63, 3.8) is 0 Å². The van der Waals surface area contributed by atoms with Crippen molar-refractivity contribution < 1.29 is 14.6 Å². The normalized spacial score (nSPS) is 42.4. The smallest absolute Gasteiger partial charge is 0.312 e. The van der Waals surface area contributed by atoms with Crippen LogP contribution < -0.4 is 0 Å². The molecule has 2 bridgehead atoms. The Morgan fingerprint density at radius 2 is 2.45 bits per heavy atom. The highest BCUT2D eigenvalue weighted by Gasteiger charge is 2.48. The summed E-state index contributed by atoms with van der Waals surface area (Å²) in [6.07, 6.45) is 3.84. The molecule has 2 atom stereocenters. The number of carboxylic acid groups (broad SMARTS) is 1. The van der Waals surface area contributed by atoms with Gasteiger partial charge in [-0.15, -0.1) is 0 Å². The molecule has 2 fully saturated rings. The van der Waals surface area contributed by atoms with Gasteiger partial charge in [-0.1, -0.05) is 0 Å². The van der Waals surface area contributed by atoms with E-state index in [0.29, 0.717) is 6.61 Å². The zero-order valence-corrected chi connectivity index (χ0v) is 6.38. The van der Waals surface area contributed by atoms with Crippen LogP contribution in [0.1, 0.15) is 25.7 Å². The van der Waals surface area contributed by atoms with E-state index in [-0.39, 0.29) is 6.10 Å². The van der Waals surface area contributed by atoms with Gasteiger partial charge < -0.3 is 9.84 Å². The minimum Gasteiger partial charge on any atom is -0.481 e. The number of hydrogen-bond donors (Lipinski definition) is 1. The van der Waals surface area contributed by atoms with E-state index in [1.54, 1.807) is 0 Å². The molecule has 2 unspecified atom stereocenters. The highest BCUT2D eigenvalue weighted by molar-refractivity contribution is 5.75. The minimum absolute atomic E-state index is 0.236. The van der Waals surface area contributed by atoms with Crippen molar-refractivity contribution >= 4 is 5.97 Å². The van der Waals surface area contributed by atoms with Crippen molar-refractivity contribution in [3.8, 4) is 0 Å². The second-order valence-electron chi connectivity index (χ2n) is 3.61. The van der Waals surface area contributed by atoms with Gasteiger partial charge in [-0.05, 0) is 25.7 Å². The summed E-state index contributed by atoms with van der Waals surface area (Å²) in [6, 6.07) is 0. The third-order valence-corrected chi connectivity index (χ3v) is 2.85. The van der Waals surface area contributed by atoms with Crippen LogP contribution in [0.5, 0.6) is 0 Å². The van der Waals surface area contributed by atoms with E-state index in [9.17, 15) is 4.79 Å². The van der Waals surface area contributed by atoms with Crippen LogP contribution in [0.4, 0.5) is 0 Å². The first-order valence-corrected chi connectivity index (χ1v) is 4.08. The molecule has 0 radical (unpaired) electrons. The second-order valence-corrected chi connectivity index (χ2v) is 3.61. The fraction of sp³-hybridized carbons (Fsp3) is 0.875. The highest BCUT2D eigenvalue weighted by Crippen LogP contribution is 2.43. The molecule has 0 aromatic carbocycles. The SMILES string of the molecule is O=C(O)C12CCCC(C1)OC2. The summed E-state index contributed by atoms with van der Waals surface area (Å²) in [6.45, 7) is 0.438. The molecule has 0 aromatic heterocycles. The highest BCUT2D eigenvalue weighted by atomic mass is 16.5. The van der Waals surface area contributed by atoms with Gasteiger partial charge in [-0.25, -0.2) is 0 Å². The molecule has 1 aliphatic carbocycles. The molecule has 2 rings (SSSR count). The number of fused-ring (bicyclic) bond motifs is 2. The third-order valence-electron chi connectivity index (χ3n) is 2.85. The predicted octanol–water partition coefficient (Wildman–Crippen LogP) is 1.03. The monoisotopic (exact) mass is 156 g/mol. The second kappa shape index (κ2) is 2.21. The van der Waals surface area contributed by atoms with Gasteiger partial charge in [0.15, 0.2) is 0 Å². The molecule has 1 aliphatic heterocycles. The zero-order valence-electron chi connectivity index (χ0n) is 6.38. The standard InChI is InChI=1S/C8H12O3/c9-7(10)8-3-1-2-6(4-8)11-5-8/h6H,1-5H2,(H,9,10). The summed E-state index contributed by atoms with van der Waals surface area (Å²) < 4.78 is 5.36. The van der Waals surface area contributed by atoms with Crippen LogP contribution in [-0.4, -0.2) is 23.8 Å². The van der Waals surface area contributed by atoms with E-state index < -0.39 is 11.4 Å². The molecule has 11 heavy (non-hydrogen) atoms. The van der Waals surface area contributed by atoms with E-state index in [4.69, 9.17) is 9.84 Å². The summed E-state index contributed by atoms with van der Waals surface area (Å²) in [5.41, 5.74) is -0.511. The lowest BCUT2D eigenvalue weighted by molar-refractivity contribution is -0.149. The maximum Gasteiger partial charge on any atom is 0.312 e. The van der Waals surface area contributed by atoms with Gasteiger partial charge in [0.1, 0.15) is 0 Å². The van der Waals surface area contributed by atoms with E-state index in [1.165, 1.54) is 0 Å². The van der Waals surface area contributed by atoms with E-state index in [0.717, 1.165) is 25.7 Å². The molecule has 3 heteroatoms. The molecule has 1 N–H and O–H groups in total. The zero-order chi connectivity index (χ0) is 7.90. The number of carboxylic acids is 1. The van der Waals surface area contributed by atoms with Crippen LogP contribution in [0.15, 0.2) is 0 Å². The largest absolute Gasteiger partial charge is 0.481 e. The van der Waals surface area contributed by atoms with Crippen molar-refractivity contribution in [2.24, 2.45) is 5.41 Å². The van der Waals surface area contributed by atoms with E-state index in [2.05, 4.69) is 0 Å². The van der Waals surface area contributed by atoms with Crippen molar-refractivity contribution in [2.45, 2.75) is 31.8 Å². The van der Waals surface area contributed by atoms with Gasteiger partial charge in [0.05, 0.1) is 18.1 Å². The number of carbonyl (C=O) groups is 1. The van der Waals surface area contributed by atoms with Crippen molar-refractivity contribution in [1.82, 2.24) is 0 Å². The van der Waals surface area contributed by atoms with Crippen LogP contribution in [0, 0.1) is 5.41 Å². The van der Waals surface area contributed by atoms with Gasteiger partial charge >= 0.3 is 5.97 Å². The van der Waals surface area contributed by atoms with E-state index in [1.807, 2.05) is 0 Å². The minimum atomic E-state index is -0.667. The van der Waals surface area contributed by atoms with Gasteiger partial charge in [0, 0.05) is 0 Å². The quantitative estimate of drug-likeness (QED) is 0.616. The topological polar surface area (TPSA) is 46.5 Å². The first kappa shape index (κ1) is 7.10. The number of aliphatic carboxylic acids is 1. The Morgan fingerprint density at radius 3 is 3.09 bits per heavy atom. The van der Waals surface area contributed by atoms with Crippen LogP contribution in [0.3, 0.4) is 0 Å². The molecular weight excluding hydrogens is 144 g/mol. The molecule has 0 aromatic rings. The Morgan fingerprint density at radius 1 is 1.64 bits per heavy atom. The summed E-state index contributed by atoms with van der Waals surface area (Å²) in [5, 5.41) is 8.94. The molecule has 3 nitrogen and oxygen atoms in total. The summed E-state index contributed by atoms with van der Waals surface area (Å²) in [7, 11) is 0. The Hall–Kier alpha value is -0.570. The Bertz CT molecular complexity index is 186. The molecule has 2 aliphatic rings. The Labute approximate surface area is 65.4 Å². The van der Waals surface area contributed by atoms with Gasteiger partial charge in [-0.2, -0.15) is 0 Å². The molecule has 1 saturated carbocycles. The Kier molecular flexibility index (Phi) is 1.42.